The van der Waals surface area contributed by atoms with Gasteiger partial charge in [0.25, 0.3) is 5.91 Å². The molecule has 0 radical (unpaired) electrons. The average Bonchev–Trinajstić information content (AvgIpc) is 2.53. The molecule has 0 fully saturated rings. The normalized spacial score (nSPS) is 10.7. The number of nitrogens with zero attached hydrogens (tertiary/aromatic N) is 1. The lowest BCUT2D eigenvalue weighted by Crippen LogP contribution is -2.32. The number of nitrogens with two attached hydrogens (primary N) is 1. The van der Waals surface area contributed by atoms with Crippen molar-refractivity contribution in [3.05, 3.63) is 29.8 Å². The van der Waals surface area contributed by atoms with Gasteiger partial charge in [-0.25, -0.2) is 0 Å². The summed E-state index contributed by atoms with van der Waals surface area (Å²) in [6.45, 7) is 8.64. The Bertz CT molecular complexity index is 402. The Morgan fingerprint density at radius 1 is 1.24 bits per heavy atom. The molecule has 21 heavy (non-hydrogen) atoms. The molecule has 0 spiro atoms. The first kappa shape index (κ1) is 17.5. The molecule has 1 rings (SSSR count). The van der Waals surface area contributed by atoms with Crippen LogP contribution in [-0.2, 0) is 11.3 Å². The van der Waals surface area contributed by atoms with Gasteiger partial charge in [-0.3, -0.25) is 4.79 Å². The molecule has 5 heteroatoms. The second-order valence-corrected chi connectivity index (χ2v) is 4.87. The van der Waals surface area contributed by atoms with E-state index in [1.165, 1.54) is 0 Å². The van der Waals surface area contributed by atoms with Crippen molar-refractivity contribution in [1.82, 2.24) is 10.2 Å². The highest BCUT2D eigenvalue weighted by atomic mass is 16.5. The molecular weight excluding hydrogens is 266 g/mol. The Labute approximate surface area is 127 Å². The number of hydrogen-bond acceptors (Lipinski definition) is 4. The summed E-state index contributed by atoms with van der Waals surface area (Å²) in [5.74, 6) is 0.600. The third kappa shape index (κ3) is 7.11. The predicted molar refractivity (Wildman–Crippen MR) is 85.2 cm³/mol. The standard InChI is InChI=1S/C16H27N3O2/c1-3-19(4-2)11-5-10-18-16(20)13-21-15-8-6-14(12-17)7-9-15/h6-9H,3-5,10-13,17H2,1-2H3,(H,18,20). The van der Waals surface area contributed by atoms with Crippen molar-refractivity contribution in [2.45, 2.75) is 26.8 Å². The second-order valence-electron chi connectivity index (χ2n) is 4.87. The Balaban J connectivity index is 2.15. The Kier molecular flexibility index (Phi) is 8.47. The molecule has 0 saturated heterocycles. The maximum absolute atomic E-state index is 11.7. The van der Waals surface area contributed by atoms with Gasteiger partial charge in [-0.1, -0.05) is 26.0 Å². The van der Waals surface area contributed by atoms with Crippen LogP contribution in [0.2, 0.25) is 0 Å². The van der Waals surface area contributed by atoms with Gasteiger partial charge < -0.3 is 20.7 Å². The molecule has 118 valence electrons. The minimum Gasteiger partial charge on any atom is -0.484 e. The third-order valence-electron chi connectivity index (χ3n) is 3.40. The van der Waals surface area contributed by atoms with E-state index in [0.29, 0.717) is 18.8 Å². The molecule has 0 aliphatic rings. The molecule has 0 heterocycles. The highest BCUT2D eigenvalue weighted by Crippen LogP contribution is 2.11. The second kappa shape index (κ2) is 10.2. The fourth-order valence-electron chi connectivity index (χ4n) is 1.99. The van der Waals surface area contributed by atoms with Crippen LogP contribution >= 0.6 is 0 Å². The fraction of sp³-hybridized carbons (Fsp3) is 0.562. The van der Waals surface area contributed by atoms with Crippen LogP contribution < -0.4 is 15.8 Å². The average molecular weight is 293 g/mol. The van der Waals surface area contributed by atoms with Crippen molar-refractivity contribution in [1.29, 1.82) is 0 Å². The SMILES string of the molecule is CCN(CC)CCCNC(=O)COc1ccc(CN)cc1. The van der Waals surface area contributed by atoms with Gasteiger partial charge >= 0.3 is 0 Å². The molecule has 1 aromatic carbocycles. The summed E-state index contributed by atoms with van der Waals surface area (Å²) in [4.78, 5) is 14.0. The number of hydrogen-bond donors (Lipinski definition) is 2. The van der Waals surface area contributed by atoms with Crippen LogP contribution in [0.3, 0.4) is 0 Å². The van der Waals surface area contributed by atoms with Gasteiger partial charge in [0.05, 0.1) is 0 Å². The van der Waals surface area contributed by atoms with Gasteiger partial charge in [0.2, 0.25) is 0 Å². The minimum absolute atomic E-state index is 0.0489. The molecule has 0 aromatic heterocycles. The number of rotatable bonds is 10. The van der Waals surface area contributed by atoms with E-state index in [2.05, 4.69) is 24.1 Å². The van der Waals surface area contributed by atoms with E-state index in [9.17, 15) is 4.79 Å². The largest absolute Gasteiger partial charge is 0.484 e. The minimum atomic E-state index is -0.0857. The topological polar surface area (TPSA) is 67.6 Å². The highest BCUT2D eigenvalue weighted by Gasteiger charge is 2.03. The van der Waals surface area contributed by atoms with Crippen molar-refractivity contribution in [3.63, 3.8) is 0 Å². The maximum atomic E-state index is 11.7. The molecule has 3 N–H and O–H groups in total. The van der Waals surface area contributed by atoms with E-state index >= 15 is 0 Å². The molecule has 0 aliphatic carbocycles. The molecular formula is C16H27N3O2. The summed E-state index contributed by atoms with van der Waals surface area (Å²) in [6, 6.07) is 7.46. The number of ether oxygens (including phenoxy) is 1. The lowest BCUT2D eigenvalue weighted by atomic mass is 10.2. The molecule has 5 nitrogen and oxygen atoms in total. The van der Waals surface area contributed by atoms with Gasteiger partial charge in [0.15, 0.2) is 6.61 Å². The summed E-state index contributed by atoms with van der Waals surface area (Å²) >= 11 is 0. The van der Waals surface area contributed by atoms with Crippen molar-refractivity contribution in [2.24, 2.45) is 5.73 Å². The predicted octanol–water partition coefficient (Wildman–Crippen LogP) is 1.37. The first-order valence-electron chi connectivity index (χ1n) is 7.60. The van der Waals surface area contributed by atoms with E-state index < -0.39 is 0 Å². The number of carbonyl (C=O) groups is 1. The first-order valence-corrected chi connectivity index (χ1v) is 7.60. The van der Waals surface area contributed by atoms with Crippen molar-refractivity contribution in [2.75, 3.05) is 32.8 Å². The van der Waals surface area contributed by atoms with E-state index in [1.54, 1.807) is 0 Å². The fourth-order valence-corrected chi connectivity index (χ4v) is 1.99. The number of nitrogens with one attached hydrogen (secondary N) is 1. The van der Waals surface area contributed by atoms with E-state index in [0.717, 1.165) is 31.6 Å². The Morgan fingerprint density at radius 3 is 2.48 bits per heavy atom. The summed E-state index contributed by atoms with van der Waals surface area (Å²) < 4.78 is 5.42. The highest BCUT2D eigenvalue weighted by molar-refractivity contribution is 5.77. The molecule has 0 atom stereocenters. The zero-order valence-electron chi connectivity index (χ0n) is 13.1. The van der Waals surface area contributed by atoms with Gasteiger partial charge in [-0.2, -0.15) is 0 Å². The van der Waals surface area contributed by atoms with E-state index in [-0.39, 0.29) is 12.5 Å². The first-order chi connectivity index (χ1) is 10.2. The van der Waals surface area contributed by atoms with Crippen LogP contribution in [0.4, 0.5) is 0 Å². The zero-order chi connectivity index (χ0) is 15.5. The quantitative estimate of drug-likeness (QED) is 0.639. The van der Waals surface area contributed by atoms with E-state index in [1.807, 2.05) is 24.3 Å². The molecule has 0 bridgehead atoms. The zero-order valence-corrected chi connectivity index (χ0v) is 13.1. The number of amides is 1. The van der Waals surface area contributed by atoms with Crippen LogP contribution in [0.1, 0.15) is 25.8 Å². The summed E-state index contributed by atoms with van der Waals surface area (Å²) in [6.07, 6.45) is 0.957. The van der Waals surface area contributed by atoms with Crippen molar-refractivity contribution >= 4 is 5.91 Å². The van der Waals surface area contributed by atoms with Crippen molar-refractivity contribution in [3.8, 4) is 5.75 Å². The van der Waals surface area contributed by atoms with Crippen molar-refractivity contribution < 1.29 is 9.53 Å². The lowest BCUT2D eigenvalue weighted by Gasteiger charge is -2.17. The van der Waals surface area contributed by atoms with Crippen LogP contribution in [0.25, 0.3) is 0 Å². The summed E-state index contributed by atoms with van der Waals surface area (Å²) in [5.41, 5.74) is 6.57. The molecule has 1 aromatic rings. The van der Waals surface area contributed by atoms with Gasteiger partial charge in [-0.15, -0.1) is 0 Å². The monoisotopic (exact) mass is 293 g/mol. The smallest absolute Gasteiger partial charge is 0.257 e. The summed E-state index contributed by atoms with van der Waals surface area (Å²) in [7, 11) is 0. The van der Waals surface area contributed by atoms with Gasteiger partial charge in [0, 0.05) is 13.1 Å². The van der Waals surface area contributed by atoms with Crippen LogP contribution in [0.15, 0.2) is 24.3 Å². The Hall–Kier alpha value is -1.59. The maximum Gasteiger partial charge on any atom is 0.257 e. The lowest BCUT2D eigenvalue weighted by molar-refractivity contribution is -0.123. The van der Waals surface area contributed by atoms with Crippen LogP contribution in [0.5, 0.6) is 5.75 Å². The van der Waals surface area contributed by atoms with E-state index in [4.69, 9.17) is 10.5 Å². The van der Waals surface area contributed by atoms with Crippen LogP contribution in [0, 0.1) is 0 Å². The van der Waals surface area contributed by atoms with Gasteiger partial charge in [0.1, 0.15) is 5.75 Å². The van der Waals surface area contributed by atoms with Gasteiger partial charge in [-0.05, 0) is 43.8 Å². The number of benzene rings is 1. The molecule has 1 amide bonds. The molecule has 0 unspecified atom stereocenters. The third-order valence-corrected chi connectivity index (χ3v) is 3.40. The molecule has 0 saturated carbocycles. The van der Waals surface area contributed by atoms with Crippen LogP contribution in [-0.4, -0.2) is 43.6 Å². The number of carbonyl (C=O) groups excluding carboxylic acids is 1. The molecule has 0 aliphatic heterocycles. The Morgan fingerprint density at radius 2 is 1.90 bits per heavy atom. The summed E-state index contributed by atoms with van der Waals surface area (Å²) in [5, 5.41) is 2.87.